The van der Waals surface area contributed by atoms with Gasteiger partial charge < -0.3 is 14.8 Å². The van der Waals surface area contributed by atoms with Crippen LogP contribution in [0.4, 0.5) is 4.79 Å². The Morgan fingerprint density at radius 2 is 1.90 bits per heavy atom. The molecule has 0 aliphatic rings. The zero-order valence-electron chi connectivity index (χ0n) is 11.9. The van der Waals surface area contributed by atoms with E-state index in [1.165, 1.54) is 13.4 Å². The van der Waals surface area contributed by atoms with Crippen LogP contribution in [0.25, 0.3) is 0 Å². The maximum Gasteiger partial charge on any atom is 0.407 e. The lowest BCUT2D eigenvalue weighted by Crippen LogP contribution is -2.42. The van der Waals surface area contributed by atoms with Crippen molar-refractivity contribution >= 4 is 12.1 Å². The minimum absolute atomic E-state index is 0.339. The molecule has 0 unspecified atom stereocenters. The molecule has 5 heteroatoms. The molecule has 0 fully saturated rings. The summed E-state index contributed by atoms with van der Waals surface area (Å²) in [5.41, 5.74) is 1.78. The van der Waals surface area contributed by atoms with E-state index in [1.807, 2.05) is 44.2 Å². The van der Waals surface area contributed by atoms with E-state index in [4.69, 9.17) is 4.74 Å². The third-order valence-corrected chi connectivity index (χ3v) is 2.46. The lowest BCUT2D eigenvalue weighted by molar-refractivity contribution is -0.140. The van der Waals surface area contributed by atoms with Crippen LogP contribution >= 0.6 is 0 Å². The summed E-state index contributed by atoms with van der Waals surface area (Å²) in [6.07, 6.45) is 1.03. The van der Waals surface area contributed by atoms with Gasteiger partial charge in [0, 0.05) is 6.42 Å². The van der Waals surface area contributed by atoms with Gasteiger partial charge in [-0.05, 0) is 25.0 Å². The molecule has 0 heterocycles. The van der Waals surface area contributed by atoms with E-state index >= 15 is 0 Å². The Balaban J connectivity index is 2.76. The molecule has 1 aromatic rings. The van der Waals surface area contributed by atoms with Gasteiger partial charge >= 0.3 is 12.1 Å². The second kappa shape index (κ2) is 7.99. The first kappa shape index (κ1) is 15.8. The van der Waals surface area contributed by atoms with Gasteiger partial charge in [-0.1, -0.05) is 30.3 Å². The predicted molar refractivity (Wildman–Crippen MR) is 75.0 cm³/mol. The van der Waals surface area contributed by atoms with Crippen molar-refractivity contribution in [3.63, 3.8) is 0 Å². The molecule has 0 aliphatic heterocycles. The highest BCUT2D eigenvalue weighted by Crippen LogP contribution is 2.06. The minimum Gasteiger partial charge on any atom is -0.453 e. The van der Waals surface area contributed by atoms with Crippen LogP contribution in [0.3, 0.4) is 0 Å². The smallest absolute Gasteiger partial charge is 0.407 e. The Kier molecular flexibility index (Phi) is 6.29. The molecule has 20 heavy (non-hydrogen) atoms. The van der Waals surface area contributed by atoms with Crippen molar-refractivity contribution in [2.45, 2.75) is 26.3 Å². The summed E-state index contributed by atoms with van der Waals surface area (Å²) in [6, 6.07) is 8.58. The van der Waals surface area contributed by atoms with E-state index < -0.39 is 18.1 Å². The summed E-state index contributed by atoms with van der Waals surface area (Å²) in [7, 11) is 1.25. The van der Waals surface area contributed by atoms with Crippen LogP contribution in [0, 0.1) is 0 Å². The van der Waals surface area contributed by atoms with E-state index in [1.54, 1.807) is 0 Å². The number of hydrogen-bond acceptors (Lipinski definition) is 4. The zero-order valence-corrected chi connectivity index (χ0v) is 11.9. The Morgan fingerprint density at radius 3 is 2.45 bits per heavy atom. The van der Waals surface area contributed by atoms with Gasteiger partial charge in [0.2, 0.25) is 0 Å². The third-order valence-electron chi connectivity index (χ3n) is 2.46. The van der Waals surface area contributed by atoms with Gasteiger partial charge in [0.1, 0.15) is 6.04 Å². The fourth-order valence-electron chi connectivity index (χ4n) is 1.50. The lowest BCUT2D eigenvalue weighted by atomic mass is 10.1. The minimum atomic E-state index is -0.791. The second-order valence-electron chi connectivity index (χ2n) is 4.51. The monoisotopic (exact) mass is 277 g/mol. The Morgan fingerprint density at radius 1 is 1.25 bits per heavy atom. The molecule has 1 aromatic carbocycles. The number of allylic oxidation sites excluding steroid dienone is 1. The van der Waals surface area contributed by atoms with Crippen molar-refractivity contribution in [3.05, 3.63) is 47.7 Å². The summed E-state index contributed by atoms with van der Waals surface area (Å²) >= 11 is 0. The summed E-state index contributed by atoms with van der Waals surface area (Å²) < 4.78 is 9.53. The average molecular weight is 277 g/mol. The molecule has 0 aromatic heterocycles. The number of esters is 1. The number of methoxy groups -OCH3 is 1. The van der Waals surface area contributed by atoms with Crippen molar-refractivity contribution in [2.24, 2.45) is 0 Å². The molecule has 108 valence electrons. The van der Waals surface area contributed by atoms with Crippen LogP contribution in [-0.2, 0) is 20.7 Å². The Labute approximate surface area is 118 Å². The summed E-state index contributed by atoms with van der Waals surface area (Å²) in [6.45, 7) is 3.63. The fraction of sp³-hybridized carbons (Fsp3) is 0.333. The number of nitrogens with one attached hydrogen (secondary N) is 1. The largest absolute Gasteiger partial charge is 0.453 e. The molecule has 0 spiro atoms. The van der Waals surface area contributed by atoms with Crippen molar-refractivity contribution in [1.29, 1.82) is 0 Å². The molecule has 0 bridgehead atoms. The molecule has 5 nitrogen and oxygen atoms in total. The van der Waals surface area contributed by atoms with Crippen molar-refractivity contribution in [2.75, 3.05) is 7.11 Å². The zero-order chi connectivity index (χ0) is 15.0. The first-order chi connectivity index (χ1) is 9.52. The average Bonchev–Trinajstić information content (AvgIpc) is 2.44. The number of alkyl carbamates (subject to hydrolysis) is 1. The van der Waals surface area contributed by atoms with E-state index in [0.29, 0.717) is 6.42 Å². The van der Waals surface area contributed by atoms with Gasteiger partial charge in [-0.15, -0.1) is 0 Å². The SMILES string of the molecule is COC(=O)N[C@@H](Cc1ccccc1)C(=O)OC=C(C)C. The molecule has 1 N–H and O–H groups in total. The Bertz CT molecular complexity index is 478. The van der Waals surface area contributed by atoms with E-state index in [0.717, 1.165) is 11.1 Å². The molecule has 0 radical (unpaired) electrons. The fourth-order valence-corrected chi connectivity index (χ4v) is 1.50. The van der Waals surface area contributed by atoms with Gasteiger partial charge in [-0.3, -0.25) is 0 Å². The van der Waals surface area contributed by atoms with Gasteiger partial charge in [0.05, 0.1) is 13.4 Å². The highest BCUT2D eigenvalue weighted by Gasteiger charge is 2.22. The van der Waals surface area contributed by atoms with Crippen molar-refractivity contribution in [1.82, 2.24) is 5.32 Å². The highest BCUT2D eigenvalue weighted by molar-refractivity contribution is 5.82. The van der Waals surface area contributed by atoms with Crippen LogP contribution in [0.2, 0.25) is 0 Å². The van der Waals surface area contributed by atoms with Gasteiger partial charge in [0.25, 0.3) is 0 Å². The quantitative estimate of drug-likeness (QED) is 0.663. The first-order valence-corrected chi connectivity index (χ1v) is 6.25. The number of amides is 1. The Hall–Kier alpha value is -2.30. The van der Waals surface area contributed by atoms with E-state index in [2.05, 4.69) is 10.1 Å². The maximum absolute atomic E-state index is 12.0. The normalized spacial score (nSPS) is 11.2. The second-order valence-corrected chi connectivity index (χ2v) is 4.51. The van der Waals surface area contributed by atoms with Gasteiger partial charge in [0.15, 0.2) is 0 Å². The van der Waals surface area contributed by atoms with Crippen molar-refractivity contribution in [3.8, 4) is 0 Å². The van der Waals surface area contributed by atoms with Crippen LogP contribution in [-0.4, -0.2) is 25.2 Å². The molecular formula is C15H19NO4. The standard InChI is InChI=1S/C15H19NO4/c1-11(2)10-20-14(17)13(16-15(18)19-3)9-12-7-5-4-6-8-12/h4-8,10,13H,9H2,1-3H3,(H,16,18)/t13-/m0/s1. The summed E-state index contributed by atoms with van der Waals surface area (Å²) in [5, 5.41) is 2.47. The maximum atomic E-state index is 12.0. The number of rotatable bonds is 5. The van der Waals surface area contributed by atoms with E-state index in [-0.39, 0.29) is 0 Å². The van der Waals surface area contributed by atoms with Crippen LogP contribution in [0.15, 0.2) is 42.2 Å². The molecule has 1 atom stereocenters. The number of benzene rings is 1. The summed E-state index contributed by atoms with van der Waals surface area (Å²) in [5.74, 6) is -0.527. The lowest BCUT2D eigenvalue weighted by Gasteiger charge is -2.15. The van der Waals surface area contributed by atoms with Gasteiger partial charge in [-0.25, -0.2) is 9.59 Å². The van der Waals surface area contributed by atoms with E-state index in [9.17, 15) is 9.59 Å². The number of carbonyl (C=O) groups is 2. The first-order valence-electron chi connectivity index (χ1n) is 6.25. The third kappa shape index (κ3) is 5.56. The highest BCUT2D eigenvalue weighted by atomic mass is 16.5. The molecular weight excluding hydrogens is 258 g/mol. The number of ether oxygens (including phenoxy) is 2. The van der Waals surface area contributed by atoms with Crippen LogP contribution in [0.5, 0.6) is 0 Å². The molecule has 0 aliphatic carbocycles. The van der Waals surface area contributed by atoms with Crippen LogP contribution < -0.4 is 5.32 Å². The van der Waals surface area contributed by atoms with Gasteiger partial charge in [-0.2, -0.15) is 0 Å². The molecule has 1 amide bonds. The molecule has 0 saturated carbocycles. The van der Waals surface area contributed by atoms with Crippen LogP contribution in [0.1, 0.15) is 19.4 Å². The van der Waals surface area contributed by atoms with Crippen molar-refractivity contribution < 1.29 is 19.1 Å². The number of hydrogen-bond donors (Lipinski definition) is 1. The summed E-state index contributed by atoms with van der Waals surface area (Å²) in [4.78, 5) is 23.3. The molecule has 1 rings (SSSR count). The molecule has 0 saturated heterocycles. The topological polar surface area (TPSA) is 64.6 Å². The number of carbonyl (C=O) groups excluding carboxylic acids is 2. The predicted octanol–water partition coefficient (Wildman–Crippen LogP) is 2.42.